The molecule has 188 valence electrons. The van der Waals surface area contributed by atoms with Gasteiger partial charge in [-0.3, -0.25) is 9.59 Å². The Hall–Kier alpha value is -1.70. The molecule has 0 unspecified atom stereocenters. The molecule has 0 fully saturated rings. The first-order valence-corrected chi connectivity index (χ1v) is 15.1. The van der Waals surface area contributed by atoms with Crippen LogP contribution in [0.2, 0.25) is 19.6 Å². The normalized spacial score (nSPS) is 14.8. The van der Waals surface area contributed by atoms with E-state index in [-0.39, 0.29) is 5.92 Å². The quantitative estimate of drug-likeness (QED) is 0.241. The summed E-state index contributed by atoms with van der Waals surface area (Å²) in [6.07, 6.45) is -1.37. The second-order valence-corrected chi connectivity index (χ2v) is 16.2. The van der Waals surface area contributed by atoms with Crippen LogP contribution >= 0.6 is 0 Å². The zero-order chi connectivity index (χ0) is 25.6. The van der Waals surface area contributed by atoms with Crippen molar-refractivity contribution in [2.24, 2.45) is 11.8 Å². The topological polar surface area (TPSA) is 71.1 Å². The van der Waals surface area contributed by atoms with Crippen molar-refractivity contribution in [1.82, 2.24) is 0 Å². The highest BCUT2D eigenvalue weighted by molar-refractivity contribution is 6.69. The third-order valence-electron chi connectivity index (χ3n) is 4.41. The maximum absolute atomic E-state index is 13.4. The van der Waals surface area contributed by atoms with Crippen molar-refractivity contribution in [3.8, 4) is 0 Å². The van der Waals surface area contributed by atoms with Crippen LogP contribution in [0, 0.1) is 11.8 Å². The number of ether oxygens (including phenoxy) is 3. The summed E-state index contributed by atoms with van der Waals surface area (Å²) in [5, 5.41) is 0. The van der Waals surface area contributed by atoms with Crippen LogP contribution < -0.4 is 0 Å². The van der Waals surface area contributed by atoms with Crippen molar-refractivity contribution < 1.29 is 28.2 Å². The van der Waals surface area contributed by atoms with Crippen molar-refractivity contribution in [2.45, 2.75) is 105 Å². The molecule has 33 heavy (non-hydrogen) atoms. The summed E-state index contributed by atoms with van der Waals surface area (Å²) < 4.78 is 24.1. The van der Waals surface area contributed by atoms with Gasteiger partial charge in [-0.25, -0.2) is 0 Å². The standard InChI is InChI=1S/C26H44O6Si/c1-18(2)21(29-17-19-15-13-12-14-16-19)22(32-33(9,10)11)20(23(27)30-25(3,4)5)24(28)31-26(6,7)8/h12-16,18,20-22H,17H2,1-11H3/t21-,22+/m0/s1. The minimum absolute atomic E-state index is 0.0255. The Morgan fingerprint density at radius 3 is 1.64 bits per heavy atom. The number of rotatable bonds is 10. The molecule has 0 bridgehead atoms. The van der Waals surface area contributed by atoms with Crippen molar-refractivity contribution >= 4 is 20.3 Å². The fourth-order valence-electron chi connectivity index (χ4n) is 3.26. The first-order chi connectivity index (χ1) is 14.9. The SMILES string of the molecule is CC(C)[C@H](OCc1ccccc1)[C@H](O[Si](C)(C)C)C(C(=O)OC(C)(C)C)C(=O)OC(C)(C)C. The molecule has 0 aromatic heterocycles. The molecule has 2 atom stereocenters. The van der Waals surface area contributed by atoms with E-state index in [2.05, 4.69) is 0 Å². The number of carbonyl (C=O) groups excluding carboxylic acids is 2. The maximum atomic E-state index is 13.4. The van der Waals surface area contributed by atoms with Crippen LogP contribution in [0.25, 0.3) is 0 Å². The lowest BCUT2D eigenvalue weighted by Gasteiger charge is -2.39. The molecule has 0 N–H and O–H groups in total. The summed E-state index contributed by atoms with van der Waals surface area (Å²) in [6.45, 7) is 21.1. The average molecular weight is 481 g/mol. The molecular weight excluding hydrogens is 436 g/mol. The lowest BCUT2D eigenvalue weighted by molar-refractivity contribution is -0.185. The first-order valence-electron chi connectivity index (χ1n) is 11.7. The van der Waals surface area contributed by atoms with E-state index < -0.39 is 49.6 Å². The van der Waals surface area contributed by atoms with Gasteiger partial charge in [0.1, 0.15) is 11.2 Å². The smallest absolute Gasteiger partial charge is 0.323 e. The zero-order valence-corrected chi connectivity index (χ0v) is 23.4. The maximum Gasteiger partial charge on any atom is 0.323 e. The minimum atomic E-state index is -2.20. The van der Waals surface area contributed by atoms with Crippen molar-refractivity contribution in [2.75, 3.05) is 0 Å². The number of carbonyl (C=O) groups is 2. The molecule has 0 heterocycles. The largest absolute Gasteiger partial charge is 0.459 e. The van der Waals surface area contributed by atoms with Crippen molar-refractivity contribution in [3.63, 3.8) is 0 Å². The van der Waals surface area contributed by atoms with E-state index in [1.54, 1.807) is 41.5 Å². The molecule has 0 aliphatic heterocycles. The van der Waals surface area contributed by atoms with E-state index in [9.17, 15) is 9.59 Å². The average Bonchev–Trinajstić information content (AvgIpc) is 2.58. The summed E-state index contributed by atoms with van der Waals surface area (Å²) in [4.78, 5) is 26.7. The number of hydrogen-bond donors (Lipinski definition) is 0. The monoisotopic (exact) mass is 480 g/mol. The van der Waals surface area contributed by atoms with E-state index in [0.29, 0.717) is 6.61 Å². The van der Waals surface area contributed by atoms with Gasteiger partial charge in [-0.2, -0.15) is 0 Å². The van der Waals surface area contributed by atoms with Crippen LogP contribution in [-0.2, 0) is 34.8 Å². The molecule has 0 amide bonds. The van der Waals surface area contributed by atoms with Gasteiger partial charge in [-0.15, -0.1) is 0 Å². The van der Waals surface area contributed by atoms with E-state index in [1.165, 1.54) is 0 Å². The third-order valence-corrected chi connectivity index (χ3v) is 5.39. The molecular formula is C26H44O6Si. The van der Waals surface area contributed by atoms with Crippen LogP contribution in [0.1, 0.15) is 61.0 Å². The Bertz CT molecular complexity index is 728. The molecule has 0 saturated heterocycles. The molecule has 0 spiro atoms. The second kappa shape index (κ2) is 11.6. The number of esters is 2. The van der Waals surface area contributed by atoms with E-state index in [0.717, 1.165) is 5.56 Å². The van der Waals surface area contributed by atoms with Crippen LogP contribution in [0.15, 0.2) is 30.3 Å². The zero-order valence-electron chi connectivity index (χ0n) is 22.4. The molecule has 0 saturated carbocycles. The van der Waals surface area contributed by atoms with Crippen molar-refractivity contribution in [1.29, 1.82) is 0 Å². The predicted octanol–water partition coefficient (Wildman–Crippen LogP) is 5.75. The lowest BCUT2D eigenvalue weighted by atomic mass is 9.90. The highest BCUT2D eigenvalue weighted by Crippen LogP contribution is 2.29. The fourth-order valence-corrected chi connectivity index (χ4v) is 4.35. The summed E-state index contributed by atoms with van der Waals surface area (Å²) in [5.74, 6) is -2.61. The van der Waals surface area contributed by atoms with Crippen LogP contribution in [0.5, 0.6) is 0 Å². The molecule has 1 aromatic rings. The van der Waals surface area contributed by atoms with Gasteiger partial charge >= 0.3 is 11.9 Å². The first kappa shape index (κ1) is 29.3. The predicted molar refractivity (Wildman–Crippen MR) is 133 cm³/mol. The molecule has 6 nitrogen and oxygen atoms in total. The highest BCUT2D eigenvalue weighted by atomic mass is 28.4. The summed E-state index contributed by atoms with van der Waals surface area (Å²) in [7, 11) is -2.20. The van der Waals surface area contributed by atoms with E-state index in [1.807, 2.05) is 63.8 Å². The van der Waals surface area contributed by atoms with E-state index >= 15 is 0 Å². The Labute approximate surface area is 201 Å². The Kier molecular flexibility index (Phi) is 10.3. The van der Waals surface area contributed by atoms with Gasteiger partial charge in [0.15, 0.2) is 14.2 Å². The number of hydrogen-bond acceptors (Lipinski definition) is 6. The lowest BCUT2D eigenvalue weighted by Crippen LogP contribution is -2.53. The van der Waals surface area contributed by atoms with Gasteiger partial charge < -0.3 is 18.6 Å². The van der Waals surface area contributed by atoms with Crippen molar-refractivity contribution in [3.05, 3.63) is 35.9 Å². The van der Waals surface area contributed by atoms with Gasteiger partial charge in [0.25, 0.3) is 0 Å². The van der Waals surface area contributed by atoms with Gasteiger partial charge in [0.05, 0.1) is 18.8 Å². The third kappa shape index (κ3) is 11.3. The van der Waals surface area contributed by atoms with Gasteiger partial charge in [-0.1, -0.05) is 44.2 Å². The van der Waals surface area contributed by atoms with Gasteiger partial charge in [0.2, 0.25) is 0 Å². The minimum Gasteiger partial charge on any atom is -0.459 e. The van der Waals surface area contributed by atoms with Gasteiger partial charge in [0, 0.05) is 0 Å². The second-order valence-electron chi connectivity index (χ2n) is 11.7. The molecule has 1 rings (SSSR count). The summed E-state index contributed by atoms with van der Waals surface area (Å²) in [5.41, 5.74) is -0.528. The number of benzene rings is 1. The molecule has 0 aliphatic carbocycles. The summed E-state index contributed by atoms with van der Waals surface area (Å²) >= 11 is 0. The molecule has 7 heteroatoms. The van der Waals surface area contributed by atoms with Gasteiger partial charge in [-0.05, 0) is 72.7 Å². The fraction of sp³-hybridized carbons (Fsp3) is 0.692. The molecule has 1 aromatic carbocycles. The highest BCUT2D eigenvalue weighted by Gasteiger charge is 2.47. The summed E-state index contributed by atoms with van der Waals surface area (Å²) in [6, 6.07) is 9.80. The van der Waals surface area contributed by atoms with E-state index in [4.69, 9.17) is 18.6 Å². The molecule has 0 radical (unpaired) electrons. The Balaban J connectivity index is 3.44. The van der Waals surface area contributed by atoms with Crippen LogP contribution in [0.4, 0.5) is 0 Å². The van der Waals surface area contributed by atoms with Crippen LogP contribution in [-0.4, -0.2) is 43.7 Å². The van der Waals surface area contributed by atoms with Crippen LogP contribution in [0.3, 0.4) is 0 Å². The molecule has 0 aliphatic rings. The Morgan fingerprint density at radius 2 is 1.27 bits per heavy atom. The Morgan fingerprint density at radius 1 is 0.818 bits per heavy atom.